The molecule has 14 heavy (non-hydrogen) atoms. The second-order valence-corrected chi connectivity index (χ2v) is 3.38. The average molecular weight is 196 g/mol. The molecule has 0 aliphatic carbocycles. The molecule has 0 aliphatic heterocycles. The van der Waals surface area contributed by atoms with Crippen LogP contribution in [0.3, 0.4) is 0 Å². The first-order valence-electron chi connectivity index (χ1n) is 5.06. The number of rotatable bonds is 4. The molecule has 0 unspecified atom stereocenters. The maximum Gasteiger partial charge on any atom is 0.168 e. The quantitative estimate of drug-likeness (QED) is 0.712. The Kier molecular flexibility index (Phi) is 3.93. The molecule has 0 spiro atoms. The Bertz CT molecular complexity index is 292. The van der Waals surface area contributed by atoms with E-state index >= 15 is 0 Å². The molecule has 0 saturated carbocycles. The van der Waals surface area contributed by atoms with Gasteiger partial charge in [-0.3, -0.25) is 0 Å². The summed E-state index contributed by atoms with van der Waals surface area (Å²) in [7, 11) is 1.50. The van der Waals surface area contributed by atoms with Crippen LogP contribution in [0, 0.1) is 5.82 Å². The first-order chi connectivity index (χ1) is 6.74. The average Bonchev–Trinajstić information content (AvgIpc) is 2.22. The van der Waals surface area contributed by atoms with Gasteiger partial charge in [-0.25, -0.2) is 4.39 Å². The first kappa shape index (κ1) is 11.0. The van der Waals surface area contributed by atoms with Gasteiger partial charge in [-0.1, -0.05) is 26.0 Å². The lowest BCUT2D eigenvalue weighted by Gasteiger charge is -2.15. The van der Waals surface area contributed by atoms with E-state index in [9.17, 15) is 4.39 Å². The molecule has 1 aromatic rings. The van der Waals surface area contributed by atoms with Crippen molar-refractivity contribution in [1.29, 1.82) is 0 Å². The third-order valence-corrected chi connectivity index (χ3v) is 2.64. The summed E-state index contributed by atoms with van der Waals surface area (Å²) in [5, 5.41) is 0. The van der Waals surface area contributed by atoms with E-state index in [1.165, 1.54) is 7.11 Å². The predicted molar refractivity (Wildman–Crippen MR) is 56.3 cm³/mol. The molecule has 0 fully saturated rings. The highest BCUT2D eigenvalue weighted by molar-refractivity contribution is 5.33. The largest absolute Gasteiger partial charge is 0.494 e. The van der Waals surface area contributed by atoms with Gasteiger partial charge in [-0.2, -0.15) is 0 Å². The molecule has 0 heterocycles. The minimum Gasteiger partial charge on any atom is -0.494 e. The van der Waals surface area contributed by atoms with E-state index < -0.39 is 0 Å². The Morgan fingerprint density at radius 2 is 1.93 bits per heavy atom. The van der Waals surface area contributed by atoms with Crippen LogP contribution in [0.1, 0.15) is 38.2 Å². The van der Waals surface area contributed by atoms with E-state index in [-0.39, 0.29) is 5.82 Å². The van der Waals surface area contributed by atoms with Crippen LogP contribution in [0.5, 0.6) is 5.75 Å². The Balaban J connectivity index is 3.07. The minimum atomic E-state index is -0.205. The second kappa shape index (κ2) is 4.99. The number of ether oxygens (including phenoxy) is 1. The molecule has 1 aromatic carbocycles. The predicted octanol–water partition coefficient (Wildman–Crippen LogP) is 3.74. The number of benzene rings is 1. The van der Waals surface area contributed by atoms with Crippen molar-refractivity contribution in [3.63, 3.8) is 0 Å². The van der Waals surface area contributed by atoms with Gasteiger partial charge in [0.2, 0.25) is 0 Å². The van der Waals surface area contributed by atoms with Crippen molar-refractivity contribution < 1.29 is 9.13 Å². The van der Waals surface area contributed by atoms with Crippen LogP contribution in [-0.2, 0) is 0 Å². The van der Waals surface area contributed by atoms with Gasteiger partial charge in [-0.15, -0.1) is 0 Å². The second-order valence-electron chi connectivity index (χ2n) is 3.38. The Morgan fingerprint density at radius 1 is 1.29 bits per heavy atom. The summed E-state index contributed by atoms with van der Waals surface area (Å²) in [5.74, 6) is 0.434. The maximum atomic E-state index is 13.8. The lowest BCUT2D eigenvalue weighted by Crippen LogP contribution is -2.00. The van der Waals surface area contributed by atoms with E-state index in [0.717, 1.165) is 18.4 Å². The van der Waals surface area contributed by atoms with Crippen LogP contribution >= 0.6 is 0 Å². The van der Waals surface area contributed by atoms with Gasteiger partial charge in [0, 0.05) is 0 Å². The SMILES string of the molecule is CCC(CC)c1cccc(OC)c1F. The summed E-state index contributed by atoms with van der Waals surface area (Å²) in [6, 6.07) is 5.34. The third kappa shape index (κ3) is 2.06. The van der Waals surface area contributed by atoms with Gasteiger partial charge >= 0.3 is 0 Å². The zero-order valence-electron chi connectivity index (χ0n) is 9.01. The molecule has 78 valence electrons. The molecule has 0 atom stereocenters. The van der Waals surface area contributed by atoms with Gasteiger partial charge in [-0.05, 0) is 30.4 Å². The van der Waals surface area contributed by atoms with E-state index in [4.69, 9.17) is 4.74 Å². The van der Waals surface area contributed by atoms with Gasteiger partial charge in [0.05, 0.1) is 7.11 Å². The Hall–Kier alpha value is -1.05. The zero-order chi connectivity index (χ0) is 10.6. The van der Waals surface area contributed by atoms with Gasteiger partial charge in [0.25, 0.3) is 0 Å². The molecule has 0 saturated heterocycles. The molecule has 0 bridgehead atoms. The first-order valence-corrected chi connectivity index (χ1v) is 5.06. The summed E-state index contributed by atoms with van der Waals surface area (Å²) in [6.07, 6.45) is 1.92. The highest BCUT2D eigenvalue weighted by Gasteiger charge is 2.14. The fraction of sp³-hybridized carbons (Fsp3) is 0.500. The monoisotopic (exact) mass is 196 g/mol. The number of methoxy groups -OCH3 is 1. The fourth-order valence-corrected chi connectivity index (χ4v) is 1.73. The number of hydrogen-bond donors (Lipinski definition) is 0. The lowest BCUT2D eigenvalue weighted by molar-refractivity contribution is 0.381. The summed E-state index contributed by atoms with van der Waals surface area (Å²) in [6.45, 7) is 4.15. The molecule has 0 N–H and O–H groups in total. The number of halogens is 1. The van der Waals surface area contributed by atoms with Gasteiger partial charge in [0.1, 0.15) is 0 Å². The van der Waals surface area contributed by atoms with Crippen molar-refractivity contribution in [1.82, 2.24) is 0 Å². The minimum absolute atomic E-state index is 0.205. The highest BCUT2D eigenvalue weighted by atomic mass is 19.1. The Morgan fingerprint density at radius 3 is 2.43 bits per heavy atom. The van der Waals surface area contributed by atoms with Crippen LogP contribution in [0.25, 0.3) is 0 Å². The standard InChI is InChI=1S/C12H17FO/c1-4-9(5-2)10-7-6-8-11(14-3)12(10)13/h6-9H,4-5H2,1-3H3. The number of hydrogen-bond acceptors (Lipinski definition) is 1. The van der Waals surface area contributed by atoms with Crippen molar-refractivity contribution in [2.45, 2.75) is 32.6 Å². The molecule has 0 amide bonds. The van der Waals surface area contributed by atoms with E-state index in [1.54, 1.807) is 6.07 Å². The molecular formula is C12H17FO. The molecular weight excluding hydrogens is 179 g/mol. The van der Waals surface area contributed by atoms with E-state index in [2.05, 4.69) is 13.8 Å². The van der Waals surface area contributed by atoms with Crippen LogP contribution in [0.15, 0.2) is 18.2 Å². The third-order valence-electron chi connectivity index (χ3n) is 2.64. The molecule has 2 heteroatoms. The van der Waals surface area contributed by atoms with Gasteiger partial charge < -0.3 is 4.74 Å². The zero-order valence-corrected chi connectivity index (χ0v) is 9.01. The summed E-state index contributed by atoms with van der Waals surface area (Å²) in [5.41, 5.74) is 0.773. The van der Waals surface area contributed by atoms with Crippen molar-refractivity contribution in [2.75, 3.05) is 7.11 Å². The van der Waals surface area contributed by atoms with E-state index in [1.807, 2.05) is 12.1 Å². The van der Waals surface area contributed by atoms with Crippen molar-refractivity contribution in [3.05, 3.63) is 29.6 Å². The molecule has 1 rings (SSSR count). The van der Waals surface area contributed by atoms with Gasteiger partial charge in [0.15, 0.2) is 11.6 Å². The van der Waals surface area contributed by atoms with Crippen molar-refractivity contribution in [2.24, 2.45) is 0 Å². The molecule has 0 aliphatic rings. The van der Waals surface area contributed by atoms with Crippen LogP contribution in [-0.4, -0.2) is 7.11 Å². The van der Waals surface area contributed by atoms with Crippen molar-refractivity contribution >= 4 is 0 Å². The fourth-order valence-electron chi connectivity index (χ4n) is 1.73. The smallest absolute Gasteiger partial charge is 0.168 e. The van der Waals surface area contributed by atoms with Crippen LogP contribution in [0.4, 0.5) is 4.39 Å². The highest BCUT2D eigenvalue weighted by Crippen LogP contribution is 2.29. The summed E-state index contributed by atoms with van der Waals surface area (Å²) < 4.78 is 18.7. The van der Waals surface area contributed by atoms with E-state index in [0.29, 0.717) is 11.7 Å². The summed E-state index contributed by atoms with van der Waals surface area (Å²) in [4.78, 5) is 0. The molecule has 0 aromatic heterocycles. The van der Waals surface area contributed by atoms with Crippen LogP contribution < -0.4 is 4.74 Å². The topological polar surface area (TPSA) is 9.23 Å². The van der Waals surface area contributed by atoms with Crippen LogP contribution in [0.2, 0.25) is 0 Å². The molecule has 0 radical (unpaired) electrons. The normalized spacial score (nSPS) is 10.6. The Labute approximate surface area is 84.9 Å². The molecule has 1 nitrogen and oxygen atoms in total. The lowest BCUT2D eigenvalue weighted by atomic mass is 9.93. The van der Waals surface area contributed by atoms with Crippen molar-refractivity contribution in [3.8, 4) is 5.75 Å². The maximum absolute atomic E-state index is 13.8. The summed E-state index contributed by atoms with van der Waals surface area (Å²) >= 11 is 0.